The normalized spacial score (nSPS) is 21.3. The number of nitrogens with two attached hydrogens (primary N) is 1. The molecule has 11 heteroatoms. The summed E-state index contributed by atoms with van der Waals surface area (Å²) in [6.45, 7) is 6.44. The molecule has 0 aromatic carbocycles. The summed E-state index contributed by atoms with van der Waals surface area (Å²) < 4.78 is 27.7. The van der Waals surface area contributed by atoms with Crippen molar-refractivity contribution in [2.45, 2.75) is 63.7 Å². The van der Waals surface area contributed by atoms with E-state index in [4.69, 9.17) is 10.5 Å². The molecule has 31 heavy (non-hydrogen) atoms. The molecule has 0 unspecified atom stereocenters. The molecule has 4 N–H and O–H groups in total. The molecule has 0 aromatic heterocycles. The summed E-state index contributed by atoms with van der Waals surface area (Å²) in [7, 11) is -2.04. The Labute approximate surface area is 192 Å². The van der Waals surface area contributed by atoms with E-state index in [1.54, 1.807) is 0 Å². The molecule has 1 aliphatic heterocycles. The highest BCUT2D eigenvalue weighted by molar-refractivity contribution is 7.90. The zero-order valence-corrected chi connectivity index (χ0v) is 20.9. The minimum Gasteiger partial charge on any atom is -0.467 e. The van der Waals surface area contributed by atoms with Crippen LogP contribution in [0.15, 0.2) is 0 Å². The molecule has 1 fully saturated rings. The Morgan fingerprint density at radius 2 is 2.03 bits per heavy atom. The highest BCUT2D eigenvalue weighted by atomic mass is 32.2. The molecule has 9 nitrogen and oxygen atoms in total. The van der Waals surface area contributed by atoms with Crippen LogP contribution in [0.3, 0.4) is 0 Å². The van der Waals surface area contributed by atoms with Crippen molar-refractivity contribution in [1.82, 2.24) is 15.5 Å². The average Bonchev–Trinajstić information content (AvgIpc) is 3.19. The smallest absolute Gasteiger partial charge is 0.328 e. The average molecular weight is 481 g/mol. The van der Waals surface area contributed by atoms with Gasteiger partial charge in [-0.15, -0.1) is 0 Å². The van der Waals surface area contributed by atoms with Gasteiger partial charge in [-0.2, -0.15) is 12.6 Å². The van der Waals surface area contributed by atoms with E-state index >= 15 is 0 Å². The molecule has 0 aliphatic carbocycles. The maximum atomic E-state index is 13.0. The van der Waals surface area contributed by atoms with Crippen molar-refractivity contribution in [2.24, 2.45) is 11.7 Å². The standard InChI is InChI=1S/C20H40N4O5S2/c1-5-14(2)17(22-11-15(21)13-30)12-24-9-6-7-18(24)19(25)23-16(20(26)29-3)8-10-31(4,27)28/h14-18,22,30H,5-13,21H2,1-4H3,(H,23,25)/t14-,15+,16-,17+,18-/m0/s1. The summed E-state index contributed by atoms with van der Waals surface area (Å²) in [5, 5.41) is 6.24. The summed E-state index contributed by atoms with van der Waals surface area (Å²) in [4.78, 5) is 27.2. The van der Waals surface area contributed by atoms with E-state index in [9.17, 15) is 18.0 Å². The first-order valence-electron chi connectivity index (χ1n) is 10.9. The number of thiol groups is 1. The SMILES string of the molecule is CC[C@H](C)[C@@H](CN1CCC[C@H]1C(=O)N[C@@H](CCS(C)(=O)=O)C(=O)OC)NC[C@@H](N)CS. The molecule has 0 radical (unpaired) electrons. The molecule has 1 rings (SSSR count). The van der Waals surface area contributed by atoms with E-state index in [0.717, 1.165) is 25.6 Å². The summed E-state index contributed by atoms with van der Waals surface area (Å²) in [6, 6.07) is -1.21. The van der Waals surface area contributed by atoms with E-state index in [1.165, 1.54) is 7.11 Å². The third kappa shape index (κ3) is 10.1. The second kappa shape index (κ2) is 13.6. The topological polar surface area (TPSA) is 131 Å². The van der Waals surface area contributed by atoms with Gasteiger partial charge in [-0.3, -0.25) is 9.69 Å². The zero-order valence-electron chi connectivity index (χ0n) is 19.2. The number of nitrogens with one attached hydrogen (secondary N) is 2. The number of methoxy groups -OCH3 is 1. The minimum atomic E-state index is -3.26. The maximum absolute atomic E-state index is 13.0. The van der Waals surface area contributed by atoms with Gasteiger partial charge < -0.3 is 21.1 Å². The van der Waals surface area contributed by atoms with Crippen LogP contribution in [0.5, 0.6) is 0 Å². The summed E-state index contributed by atoms with van der Waals surface area (Å²) in [5.74, 6) is -0.115. The van der Waals surface area contributed by atoms with Crippen LogP contribution in [0.2, 0.25) is 0 Å². The van der Waals surface area contributed by atoms with Crippen molar-refractivity contribution in [1.29, 1.82) is 0 Å². The van der Waals surface area contributed by atoms with Gasteiger partial charge in [0.05, 0.1) is 18.9 Å². The fourth-order valence-electron chi connectivity index (χ4n) is 3.68. The van der Waals surface area contributed by atoms with E-state index in [0.29, 0.717) is 31.2 Å². The molecule has 0 saturated carbocycles. The van der Waals surface area contributed by atoms with Crippen molar-refractivity contribution in [3.63, 3.8) is 0 Å². The quantitative estimate of drug-likeness (QED) is 0.199. The Bertz CT molecular complexity index is 676. The van der Waals surface area contributed by atoms with Gasteiger partial charge in [0, 0.05) is 37.2 Å². The number of nitrogens with zero attached hydrogens (tertiary/aromatic N) is 1. The molecule has 182 valence electrons. The van der Waals surface area contributed by atoms with E-state index < -0.39 is 21.8 Å². The highest BCUT2D eigenvalue weighted by Gasteiger charge is 2.35. The lowest BCUT2D eigenvalue weighted by Gasteiger charge is -2.33. The predicted molar refractivity (Wildman–Crippen MR) is 126 cm³/mol. The predicted octanol–water partition coefficient (Wildman–Crippen LogP) is -0.195. The van der Waals surface area contributed by atoms with Gasteiger partial charge >= 0.3 is 5.97 Å². The van der Waals surface area contributed by atoms with Crippen LogP contribution in [0, 0.1) is 5.92 Å². The molecule has 1 saturated heterocycles. The zero-order chi connectivity index (χ0) is 23.6. The maximum Gasteiger partial charge on any atom is 0.328 e. The van der Waals surface area contributed by atoms with Crippen molar-refractivity contribution in [2.75, 3.05) is 44.5 Å². The van der Waals surface area contributed by atoms with E-state index in [2.05, 4.69) is 42.0 Å². The molecule has 1 aliphatic rings. The largest absolute Gasteiger partial charge is 0.467 e. The lowest BCUT2D eigenvalue weighted by Crippen LogP contribution is -2.54. The molecule has 0 aromatic rings. The molecular formula is C20H40N4O5S2. The Kier molecular flexibility index (Phi) is 12.4. The number of esters is 1. The monoisotopic (exact) mass is 480 g/mol. The number of ether oxygens (including phenoxy) is 1. The lowest BCUT2D eigenvalue weighted by atomic mass is 9.98. The molecule has 1 heterocycles. The molecule has 0 bridgehead atoms. The molecule has 5 atom stereocenters. The lowest BCUT2D eigenvalue weighted by molar-refractivity contribution is -0.145. The van der Waals surface area contributed by atoms with Crippen LogP contribution < -0.4 is 16.4 Å². The van der Waals surface area contributed by atoms with Crippen LogP contribution >= 0.6 is 12.6 Å². The van der Waals surface area contributed by atoms with Crippen LogP contribution in [-0.2, 0) is 24.2 Å². The third-order valence-corrected chi connectivity index (χ3v) is 7.33. The number of rotatable bonds is 14. The second-order valence-corrected chi connectivity index (χ2v) is 11.1. The van der Waals surface area contributed by atoms with Crippen molar-refractivity contribution in [3.05, 3.63) is 0 Å². The fourth-order valence-corrected chi connectivity index (χ4v) is 4.48. The molecular weight excluding hydrogens is 440 g/mol. The Morgan fingerprint density at radius 3 is 2.58 bits per heavy atom. The number of hydrogen-bond acceptors (Lipinski definition) is 9. The van der Waals surface area contributed by atoms with Crippen LogP contribution in [0.4, 0.5) is 0 Å². The van der Waals surface area contributed by atoms with Gasteiger partial charge in [-0.1, -0.05) is 20.3 Å². The number of amides is 1. The Balaban J connectivity index is 2.81. The first kappa shape index (κ1) is 28.2. The van der Waals surface area contributed by atoms with Crippen molar-refractivity contribution < 1.29 is 22.7 Å². The fraction of sp³-hybridized carbons (Fsp3) is 0.900. The van der Waals surface area contributed by atoms with Gasteiger partial charge in [-0.25, -0.2) is 13.2 Å². The number of carbonyl (C=O) groups excluding carboxylic acids is 2. The Hall–Kier alpha value is -0.880. The van der Waals surface area contributed by atoms with Gasteiger partial charge in [0.1, 0.15) is 15.9 Å². The van der Waals surface area contributed by atoms with Crippen molar-refractivity contribution in [3.8, 4) is 0 Å². The van der Waals surface area contributed by atoms with E-state index in [1.807, 2.05) is 0 Å². The molecule has 1 amide bonds. The van der Waals surface area contributed by atoms with Crippen molar-refractivity contribution >= 4 is 34.3 Å². The van der Waals surface area contributed by atoms with E-state index in [-0.39, 0.29) is 36.2 Å². The first-order chi connectivity index (χ1) is 14.5. The summed E-state index contributed by atoms with van der Waals surface area (Å²) >= 11 is 4.24. The third-order valence-electron chi connectivity index (χ3n) is 5.88. The van der Waals surface area contributed by atoms with Gasteiger partial charge in [0.25, 0.3) is 0 Å². The first-order valence-corrected chi connectivity index (χ1v) is 13.6. The summed E-state index contributed by atoms with van der Waals surface area (Å²) in [5.41, 5.74) is 6.00. The number of likely N-dealkylation sites (tertiary alicyclic amines) is 1. The Morgan fingerprint density at radius 1 is 1.35 bits per heavy atom. The minimum absolute atomic E-state index is 0.0113. The van der Waals surface area contributed by atoms with Gasteiger partial charge in [0.2, 0.25) is 5.91 Å². The van der Waals surface area contributed by atoms with Crippen LogP contribution in [-0.4, -0.2) is 93.9 Å². The highest BCUT2D eigenvalue weighted by Crippen LogP contribution is 2.20. The number of carbonyl (C=O) groups is 2. The number of sulfone groups is 1. The second-order valence-electron chi connectivity index (χ2n) is 8.50. The van der Waals surface area contributed by atoms with Gasteiger partial charge in [0.15, 0.2) is 0 Å². The van der Waals surface area contributed by atoms with Gasteiger partial charge in [-0.05, 0) is 31.7 Å². The molecule has 0 spiro atoms. The van der Waals surface area contributed by atoms with Crippen LogP contribution in [0.25, 0.3) is 0 Å². The van der Waals surface area contributed by atoms with Crippen LogP contribution in [0.1, 0.15) is 39.5 Å². The summed E-state index contributed by atoms with van der Waals surface area (Å²) in [6.07, 6.45) is 3.66. The number of hydrogen-bond donors (Lipinski definition) is 4.